The number of benzene rings is 1. The normalized spacial score (nSPS) is 13.0. The summed E-state index contributed by atoms with van der Waals surface area (Å²) in [6, 6.07) is 9.47. The average Bonchev–Trinajstić information content (AvgIpc) is 2.98. The van der Waals surface area contributed by atoms with Gasteiger partial charge in [-0.05, 0) is 24.1 Å². The van der Waals surface area contributed by atoms with E-state index < -0.39 is 0 Å². The number of hydrogen-bond acceptors (Lipinski definition) is 3. The molecule has 0 aliphatic rings. The van der Waals surface area contributed by atoms with Crippen LogP contribution in [-0.4, -0.2) is 29.4 Å². The van der Waals surface area contributed by atoms with Crippen LogP contribution in [0.5, 0.6) is 5.75 Å². The topological polar surface area (TPSA) is 77.5 Å². The van der Waals surface area contributed by atoms with Crippen LogP contribution in [0.4, 0.5) is 5.69 Å². The number of ether oxygens (including phenoxy) is 1. The van der Waals surface area contributed by atoms with Gasteiger partial charge in [0, 0.05) is 37.2 Å². The quantitative estimate of drug-likeness (QED) is 0.629. The second-order valence-electron chi connectivity index (χ2n) is 4.92. The van der Waals surface area contributed by atoms with Crippen LogP contribution >= 0.6 is 0 Å². The molecule has 0 spiro atoms. The Morgan fingerprint density at radius 2 is 2.33 bits per heavy atom. The van der Waals surface area contributed by atoms with Gasteiger partial charge in [-0.25, -0.2) is 0 Å². The minimum Gasteiger partial charge on any atom is -0.497 e. The average molecular weight is 287 g/mol. The van der Waals surface area contributed by atoms with Crippen molar-refractivity contribution in [1.82, 2.24) is 9.78 Å². The molecule has 6 heteroatoms. The van der Waals surface area contributed by atoms with Crippen molar-refractivity contribution >= 4 is 11.6 Å². The molecule has 0 bridgehead atoms. The van der Waals surface area contributed by atoms with Gasteiger partial charge < -0.3 is 15.8 Å². The predicted molar refractivity (Wildman–Crippen MR) is 84.5 cm³/mol. The zero-order valence-corrected chi connectivity index (χ0v) is 12.4. The van der Waals surface area contributed by atoms with Crippen molar-refractivity contribution in [3.63, 3.8) is 0 Å². The number of guanidine groups is 1. The van der Waals surface area contributed by atoms with Gasteiger partial charge in [0.15, 0.2) is 5.96 Å². The van der Waals surface area contributed by atoms with Crippen molar-refractivity contribution in [3.05, 3.63) is 42.7 Å². The van der Waals surface area contributed by atoms with Crippen LogP contribution in [0.2, 0.25) is 0 Å². The fourth-order valence-corrected chi connectivity index (χ4v) is 1.93. The van der Waals surface area contributed by atoms with E-state index in [0.717, 1.165) is 18.0 Å². The predicted octanol–water partition coefficient (Wildman–Crippen LogP) is 1.95. The Balaban J connectivity index is 1.85. The minimum absolute atomic E-state index is 0.357. The SMILES string of the molecule is COc1cccc(NC(N)=NCC(C)Cn2cccn2)c1. The van der Waals surface area contributed by atoms with Crippen LogP contribution in [0.3, 0.4) is 0 Å². The van der Waals surface area contributed by atoms with Crippen molar-refractivity contribution in [2.45, 2.75) is 13.5 Å². The Kier molecular flexibility index (Phi) is 5.20. The molecule has 0 saturated carbocycles. The summed E-state index contributed by atoms with van der Waals surface area (Å²) in [6.07, 6.45) is 3.72. The van der Waals surface area contributed by atoms with Gasteiger partial charge in [0.25, 0.3) is 0 Å². The molecule has 0 amide bonds. The molecular formula is C15H21N5O. The first-order valence-corrected chi connectivity index (χ1v) is 6.86. The van der Waals surface area contributed by atoms with Crippen LogP contribution in [-0.2, 0) is 6.54 Å². The Labute approximate surface area is 124 Å². The standard InChI is InChI=1S/C15H21N5O/c1-12(11-20-8-4-7-18-20)10-17-15(16)19-13-5-3-6-14(9-13)21-2/h3-9,12H,10-11H2,1-2H3,(H3,16,17,19). The highest BCUT2D eigenvalue weighted by atomic mass is 16.5. The van der Waals surface area contributed by atoms with Gasteiger partial charge in [0.1, 0.15) is 5.75 Å². The molecule has 2 aromatic rings. The van der Waals surface area contributed by atoms with Crippen molar-refractivity contribution in [3.8, 4) is 5.75 Å². The molecule has 2 rings (SSSR count). The summed E-state index contributed by atoms with van der Waals surface area (Å²) in [7, 11) is 1.63. The number of nitrogens with zero attached hydrogens (tertiary/aromatic N) is 3. The van der Waals surface area contributed by atoms with Crippen LogP contribution in [0, 0.1) is 5.92 Å². The summed E-state index contributed by atoms with van der Waals surface area (Å²) >= 11 is 0. The van der Waals surface area contributed by atoms with Crippen LogP contribution < -0.4 is 15.8 Å². The molecule has 21 heavy (non-hydrogen) atoms. The maximum atomic E-state index is 5.89. The molecule has 0 aliphatic heterocycles. The Morgan fingerprint density at radius 1 is 1.48 bits per heavy atom. The van der Waals surface area contributed by atoms with Crippen LogP contribution in [0.25, 0.3) is 0 Å². The summed E-state index contributed by atoms with van der Waals surface area (Å²) in [6.45, 7) is 3.58. The van der Waals surface area contributed by atoms with Crippen molar-refractivity contribution in [2.24, 2.45) is 16.6 Å². The van der Waals surface area contributed by atoms with E-state index in [-0.39, 0.29) is 0 Å². The second kappa shape index (κ2) is 7.33. The monoisotopic (exact) mass is 287 g/mol. The lowest BCUT2D eigenvalue weighted by Crippen LogP contribution is -2.24. The first-order valence-electron chi connectivity index (χ1n) is 6.86. The molecule has 6 nitrogen and oxygen atoms in total. The largest absolute Gasteiger partial charge is 0.497 e. The smallest absolute Gasteiger partial charge is 0.193 e. The van der Waals surface area contributed by atoms with E-state index in [9.17, 15) is 0 Å². The van der Waals surface area contributed by atoms with Gasteiger partial charge in [0.2, 0.25) is 0 Å². The lowest BCUT2D eigenvalue weighted by atomic mass is 10.2. The van der Waals surface area contributed by atoms with Crippen molar-refractivity contribution in [1.29, 1.82) is 0 Å². The third-order valence-electron chi connectivity index (χ3n) is 2.97. The maximum Gasteiger partial charge on any atom is 0.193 e. The summed E-state index contributed by atoms with van der Waals surface area (Å²) in [4.78, 5) is 4.36. The molecule has 1 heterocycles. The second-order valence-corrected chi connectivity index (χ2v) is 4.92. The number of aliphatic imine (C=N–C) groups is 1. The number of aromatic nitrogens is 2. The molecule has 1 unspecified atom stereocenters. The molecule has 0 radical (unpaired) electrons. The molecule has 0 fully saturated rings. The van der Waals surface area contributed by atoms with E-state index in [0.29, 0.717) is 18.4 Å². The highest BCUT2D eigenvalue weighted by Crippen LogP contribution is 2.16. The number of hydrogen-bond donors (Lipinski definition) is 2. The zero-order chi connectivity index (χ0) is 15.1. The lowest BCUT2D eigenvalue weighted by Gasteiger charge is -2.10. The number of methoxy groups -OCH3 is 1. The molecule has 0 aliphatic carbocycles. The third kappa shape index (κ3) is 4.83. The number of nitrogens with one attached hydrogen (secondary N) is 1. The van der Waals surface area contributed by atoms with E-state index in [1.165, 1.54) is 0 Å². The summed E-state index contributed by atoms with van der Waals surface area (Å²) in [5.74, 6) is 1.53. The van der Waals surface area contributed by atoms with Crippen LogP contribution in [0.15, 0.2) is 47.7 Å². The summed E-state index contributed by atoms with van der Waals surface area (Å²) in [5.41, 5.74) is 6.75. The molecule has 1 atom stereocenters. The van der Waals surface area contributed by atoms with E-state index in [1.807, 2.05) is 41.2 Å². The minimum atomic E-state index is 0.357. The van der Waals surface area contributed by atoms with Crippen molar-refractivity contribution < 1.29 is 4.74 Å². The van der Waals surface area contributed by atoms with Gasteiger partial charge in [-0.3, -0.25) is 9.67 Å². The Hall–Kier alpha value is -2.50. The van der Waals surface area contributed by atoms with Gasteiger partial charge >= 0.3 is 0 Å². The van der Waals surface area contributed by atoms with E-state index in [4.69, 9.17) is 10.5 Å². The van der Waals surface area contributed by atoms with Gasteiger partial charge in [0.05, 0.1) is 7.11 Å². The van der Waals surface area contributed by atoms with Crippen molar-refractivity contribution in [2.75, 3.05) is 19.0 Å². The molecule has 3 N–H and O–H groups in total. The van der Waals surface area contributed by atoms with Crippen LogP contribution in [0.1, 0.15) is 6.92 Å². The highest BCUT2D eigenvalue weighted by Gasteiger charge is 2.03. The van der Waals surface area contributed by atoms with Gasteiger partial charge in [-0.2, -0.15) is 5.10 Å². The fourth-order valence-electron chi connectivity index (χ4n) is 1.93. The zero-order valence-electron chi connectivity index (χ0n) is 12.4. The Bertz CT molecular complexity index is 580. The lowest BCUT2D eigenvalue weighted by molar-refractivity contribution is 0.415. The summed E-state index contributed by atoms with van der Waals surface area (Å²) < 4.78 is 7.06. The maximum absolute atomic E-state index is 5.89. The first-order chi connectivity index (χ1) is 10.2. The van der Waals surface area contributed by atoms with E-state index in [2.05, 4.69) is 22.3 Å². The summed E-state index contributed by atoms with van der Waals surface area (Å²) in [5, 5.41) is 7.23. The third-order valence-corrected chi connectivity index (χ3v) is 2.97. The fraction of sp³-hybridized carbons (Fsp3) is 0.333. The van der Waals surface area contributed by atoms with Gasteiger partial charge in [-0.15, -0.1) is 0 Å². The Morgan fingerprint density at radius 3 is 3.05 bits per heavy atom. The molecule has 1 aromatic carbocycles. The highest BCUT2D eigenvalue weighted by molar-refractivity contribution is 5.92. The number of nitrogens with two attached hydrogens (primary N) is 1. The molecular weight excluding hydrogens is 266 g/mol. The molecule has 112 valence electrons. The number of anilines is 1. The molecule has 1 aromatic heterocycles. The number of rotatable bonds is 6. The first kappa shape index (κ1) is 14.9. The van der Waals surface area contributed by atoms with Gasteiger partial charge in [-0.1, -0.05) is 13.0 Å². The van der Waals surface area contributed by atoms with E-state index >= 15 is 0 Å². The van der Waals surface area contributed by atoms with E-state index in [1.54, 1.807) is 13.3 Å². The molecule has 0 saturated heterocycles.